The minimum absolute atomic E-state index is 0.103. The molecule has 0 bridgehead atoms. The molecule has 0 radical (unpaired) electrons. The lowest BCUT2D eigenvalue weighted by Crippen LogP contribution is -2.06. The Hall–Kier alpha value is -3.33. The average Bonchev–Trinajstić information content (AvgIpc) is 3.37. The molecule has 9 heteroatoms. The summed E-state index contributed by atoms with van der Waals surface area (Å²) in [5.41, 5.74) is 2.57. The molecule has 4 aromatic rings. The van der Waals surface area contributed by atoms with Gasteiger partial charge in [-0.25, -0.2) is 19.3 Å². The van der Waals surface area contributed by atoms with Crippen LogP contribution in [0.5, 0.6) is 0 Å². The lowest BCUT2D eigenvalue weighted by molar-refractivity contribution is 0.0689. The summed E-state index contributed by atoms with van der Waals surface area (Å²) in [7, 11) is 0. The Morgan fingerprint density at radius 1 is 1.36 bits per heavy atom. The highest BCUT2D eigenvalue weighted by Gasteiger charge is 2.13. The highest BCUT2D eigenvalue weighted by molar-refractivity contribution is 7.98. The van der Waals surface area contributed by atoms with E-state index in [4.69, 9.17) is 4.42 Å². The fourth-order valence-corrected chi connectivity index (χ4v) is 3.54. The number of carboxylic acids is 1. The Bertz CT molecular complexity index is 1120. The molecule has 0 saturated heterocycles. The summed E-state index contributed by atoms with van der Waals surface area (Å²) in [6.07, 6.45) is 5.64. The van der Waals surface area contributed by atoms with Crippen molar-refractivity contribution in [3.63, 3.8) is 0 Å². The number of carboxylic acid groups (broad SMARTS) is 1. The van der Waals surface area contributed by atoms with Gasteiger partial charge in [0.05, 0.1) is 6.26 Å². The van der Waals surface area contributed by atoms with Crippen molar-refractivity contribution >= 4 is 34.9 Å². The van der Waals surface area contributed by atoms with Crippen molar-refractivity contribution in [2.45, 2.75) is 24.3 Å². The Balaban J connectivity index is 1.57. The maximum absolute atomic E-state index is 11.2. The number of nitrogens with zero attached hydrogens (tertiary/aromatic N) is 4. The number of carbonyl (C=O) groups is 1. The van der Waals surface area contributed by atoms with Crippen LogP contribution in [-0.2, 0) is 12.2 Å². The number of aromatic carboxylic acids is 1. The van der Waals surface area contributed by atoms with Crippen LogP contribution >= 0.6 is 11.8 Å². The molecule has 4 rings (SSSR count). The normalized spacial score (nSPS) is 11.0. The van der Waals surface area contributed by atoms with Gasteiger partial charge in [-0.3, -0.25) is 0 Å². The molecule has 28 heavy (non-hydrogen) atoms. The van der Waals surface area contributed by atoms with E-state index in [9.17, 15) is 9.90 Å². The zero-order chi connectivity index (χ0) is 19.5. The van der Waals surface area contributed by atoms with Gasteiger partial charge in [-0.05, 0) is 35.7 Å². The molecule has 0 aliphatic rings. The predicted octanol–water partition coefficient (Wildman–Crippen LogP) is 4.01. The van der Waals surface area contributed by atoms with Crippen molar-refractivity contribution in [3.05, 3.63) is 65.8 Å². The van der Waals surface area contributed by atoms with Crippen molar-refractivity contribution < 1.29 is 14.3 Å². The summed E-state index contributed by atoms with van der Waals surface area (Å²) in [6, 6.07) is 9.30. The second-order valence-corrected chi connectivity index (χ2v) is 6.92. The van der Waals surface area contributed by atoms with E-state index in [1.807, 2.05) is 37.4 Å². The number of hydrogen-bond acceptors (Lipinski definition) is 7. The SMILES string of the molecule is CCc1cc(CSc2nc(Nc3ccco3)c3cccn3n2)cnc1C(=O)O. The Kier molecular flexibility index (Phi) is 4.98. The molecule has 142 valence electrons. The van der Waals surface area contributed by atoms with Crippen molar-refractivity contribution in [2.24, 2.45) is 0 Å². The molecule has 2 N–H and O–H groups in total. The van der Waals surface area contributed by atoms with E-state index in [-0.39, 0.29) is 5.69 Å². The van der Waals surface area contributed by atoms with E-state index in [2.05, 4.69) is 20.4 Å². The third-order valence-electron chi connectivity index (χ3n) is 4.11. The van der Waals surface area contributed by atoms with E-state index in [1.54, 1.807) is 23.0 Å². The maximum Gasteiger partial charge on any atom is 0.354 e. The monoisotopic (exact) mass is 395 g/mol. The molecular weight excluding hydrogens is 378 g/mol. The minimum atomic E-state index is -1.01. The Morgan fingerprint density at radius 2 is 2.25 bits per heavy atom. The fraction of sp³-hybridized carbons (Fsp3) is 0.158. The maximum atomic E-state index is 11.2. The van der Waals surface area contributed by atoms with Gasteiger partial charge in [0.25, 0.3) is 0 Å². The van der Waals surface area contributed by atoms with Gasteiger partial charge < -0.3 is 14.8 Å². The first-order valence-electron chi connectivity index (χ1n) is 8.64. The summed E-state index contributed by atoms with van der Waals surface area (Å²) in [6.45, 7) is 1.91. The number of pyridine rings is 1. The zero-order valence-corrected chi connectivity index (χ0v) is 15.8. The quantitative estimate of drug-likeness (QED) is 0.452. The molecule has 4 heterocycles. The van der Waals surface area contributed by atoms with E-state index in [0.717, 1.165) is 11.1 Å². The van der Waals surface area contributed by atoms with Gasteiger partial charge in [0.2, 0.25) is 5.16 Å². The number of thioether (sulfide) groups is 1. The first-order chi connectivity index (χ1) is 13.6. The van der Waals surface area contributed by atoms with Crippen molar-refractivity contribution in [1.82, 2.24) is 19.6 Å². The second-order valence-electron chi connectivity index (χ2n) is 5.98. The van der Waals surface area contributed by atoms with Crippen LogP contribution < -0.4 is 5.32 Å². The standard InChI is InChI=1S/C19H17N5O3S/c1-2-13-9-12(10-20-16(13)18(25)26)11-28-19-22-17(21-15-6-4-8-27-15)14-5-3-7-24(14)23-19/h3-10H,2,11H2,1H3,(H,25,26)(H,21,22,23). The highest BCUT2D eigenvalue weighted by atomic mass is 32.2. The van der Waals surface area contributed by atoms with E-state index < -0.39 is 5.97 Å². The first kappa shape index (κ1) is 18.1. The number of rotatable bonds is 7. The van der Waals surface area contributed by atoms with Gasteiger partial charge in [0, 0.05) is 24.2 Å². The molecular formula is C19H17N5O3S. The van der Waals surface area contributed by atoms with E-state index in [1.165, 1.54) is 11.8 Å². The largest absolute Gasteiger partial charge is 0.477 e. The minimum Gasteiger partial charge on any atom is -0.477 e. The van der Waals surface area contributed by atoms with Crippen LogP contribution in [0.15, 0.2) is 58.6 Å². The molecule has 0 atom stereocenters. The van der Waals surface area contributed by atoms with Crippen LogP contribution in [0, 0.1) is 0 Å². The molecule has 0 fully saturated rings. The summed E-state index contributed by atoms with van der Waals surface area (Å²) in [4.78, 5) is 19.9. The summed E-state index contributed by atoms with van der Waals surface area (Å²) >= 11 is 1.45. The van der Waals surface area contributed by atoms with E-state index in [0.29, 0.717) is 34.6 Å². The lowest BCUT2D eigenvalue weighted by atomic mass is 10.1. The van der Waals surface area contributed by atoms with Gasteiger partial charge in [-0.1, -0.05) is 24.8 Å². The number of fused-ring (bicyclic) bond motifs is 1. The fourth-order valence-electron chi connectivity index (χ4n) is 2.78. The summed E-state index contributed by atoms with van der Waals surface area (Å²) in [5, 5.41) is 17.5. The van der Waals surface area contributed by atoms with Crippen molar-refractivity contribution in [1.29, 1.82) is 0 Å². The van der Waals surface area contributed by atoms with Crippen LogP contribution in [-0.4, -0.2) is 30.7 Å². The molecule has 0 aromatic carbocycles. The van der Waals surface area contributed by atoms with Crippen LogP contribution in [0.2, 0.25) is 0 Å². The molecule has 4 aromatic heterocycles. The Morgan fingerprint density at radius 3 is 3.00 bits per heavy atom. The summed E-state index contributed by atoms with van der Waals surface area (Å²) in [5.74, 6) is 0.809. The zero-order valence-electron chi connectivity index (χ0n) is 15.0. The first-order valence-corrected chi connectivity index (χ1v) is 9.62. The highest BCUT2D eigenvalue weighted by Crippen LogP contribution is 2.25. The number of aromatic nitrogens is 4. The van der Waals surface area contributed by atoms with Gasteiger partial charge in [0.1, 0.15) is 5.52 Å². The third-order valence-corrected chi connectivity index (χ3v) is 5.02. The number of aryl methyl sites for hydroxylation is 1. The molecule has 0 spiro atoms. The van der Waals surface area contributed by atoms with Crippen molar-refractivity contribution in [2.75, 3.05) is 5.32 Å². The van der Waals surface area contributed by atoms with Gasteiger partial charge in [0.15, 0.2) is 17.4 Å². The number of nitrogens with one attached hydrogen (secondary N) is 1. The molecule has 0 amide bonds. The number of furan rings is 1. The molecule has 0 aliphatic carbocycles. The predicted molar refractivity (Wildman–Crippen MR) is 105 cm³/mol. The number of hydrogen-bond donors (Lipinski definition) is 2. The van der Waals surface area contributed by atoms with E-state index >= 15 is 0 Å². The average molecular weight is 395 g/mol. The van der Waals surface area contributed by atoms with Crippen LogP contribution in [0.3, 0.4) is 0 Å². The summed E-state index contributed by atoms with van der Waals surface area (Å²) < 4.78 is 7.10. The van der Waals surface area contributed by atoms with Gasteiger partial charge in [-0.2, -0.15) is 0 Å². The Labute approximate surface area is 164 Å². The third kappa shape index (κ3) is 3.70. The topological polar surface area (TPSA) is 106 Å². The molecule has 0 unspecified atom stereocenters. The smallest absolute Gasteiger partial charge is 0.354 e. The number of anilines is 2. The van der Waals surface area contributed by atoms with Gasteiger partial charge in [-0.15, -0.1) is 5.10 Å². The second kappa shape index (κ2) is 7.73. The van der Waals surface area contributed by atoms with Crippen LogP contribution in [0.1, 0.15) is 28.5 Å². The van der Waals surface area contributed by atoms with Gasteiger partial charge >= 0.3 is 5.97 Å². The lowest BCUT2D eigenvalue weighted by Gasteiger charge is -2.09. The molecule has 0 aliphatic heterocycles. The van der Waals surface area contributed by atoms with Crippen LogP contribution in [0.25, 0.3) is 5.52 Å². The van der Waals surface area contributed by atoms with Crippen molar-refractivity contribution in [3.8, 4) is 0 Å². The molecule has 0 saturated carbocycles. The van der Waals surface area contributed by atoms with Crippen LogP contribution in [0.4, 0.5) is 11.7 Å². The molecule has 8 nitrogen and oxygen atoms in total.